The van der Waals surface area contributed by atoms with E-state index in [2.05, 4.69) is 16.9 Å². The third kappa shape index (κ3) is 4.65. The average molecular weight is 250 g/mol. The summed E-state index contributed by atoms with van der Waals surface area (Å²) in [5.41, 5.74) is 0.649. The van der Waals surface area contributed by atoms with Gasteiger partial charge in [0, 0.05) is 12.6 Å². The monoisotopic (exact) mass is 250 g/mol. The van der Waals surface area contributed by atoms with Gasteiger partial charge in [0.1, 0.15) is 12.4 Å². The standard InChI is InChI=1S/C12H14N2O4/c1-2-8-18-12(17)14-11-9(4-3-7-13-11)5-6-10(15)16/h2-4,7H,1,5-6,8H2,(H,15,16)(H,13,14,17). The van der Waals surface area contributed by atoms with E-state index in [-0.39, 0.29) is 13.0 Å². The highest BCUT2D eigenvalue weighted by atomic mass is 16.5. The highest BCUT2D eigenvalue weighted by Gasteiger charge is 2.09. The molecule has 0 aliphatic rings. The summed E-state index contributed by atoms with van der Waals surface area (Å²) in [4.78, 5) is 25.8. The van der Waals surface area contributed by atoms with Gasteiger partial charge in [0.25, 0.3) is 0 Å². The molecule has 0 aromatic carbocycles. The molecule has 0 aliphatic carbocycles. The lowest BCUT2D eigenvalue weighted by Gasteiger charge is -2.08. The van der Waals surface area contributed by atoms with Gasteiger partial charge in [0.05, 0.1) is 0 Å². The second-order valence-electron chi connectivity index (χ2n) is 3.42. The van der Waals surface area contributed by atoms with Crippen LogP contribution in [0.2, 0.25) is 0 Å². The molecule has 0 saturated carbocycles. The van der Waals surface area contributed by atoms with E-state index in [0.717, 1.165) is 0 Å². The number of ether oxygens (including phenoxy) is 1. The minimum absolute atomic E-state index is 0.0257. The highest BCUT2D eigenvalue weighted by molar-refractivity contribution is 5.84. The van der Waals surface area contributed by atoms with Crippen LogP contribution in [0.5, 0.6) is 0 Å². The normalized spacial score (nSPS) is 9.56. The molecule has 18 heavy (non-hydrogen) atoms. The second kappa shape index (κ2) is 7.05. The molecule has 96 valence electrons. The number of pyridine rings is 1. The van der Waals surface area contributed by atoms with Crippen molar-refractivity contribution in [3.8, 4) is 0 Å². The maximum Gasteiger partial charge on any atom is 0.413 e. The third-order valence-electron chi connectivity index (χ3n) is 2.05. The zero-order valence-electron chi connectivity index (χ0n) is 9.76. The molecule has 0 atom stereocenters. The topological polar surface area (TPSA) is 88.5 Å². The summed E-state index contributed by atoms with van der Waals surface area (Å²) in [6.45, 7) is 3.52. The fourth-order valence-corrected chi connectivity index (χ4v) is 1.26. The average Bonchev–Trinajstić information content (AvgIpc) is 2.35. The van der Waals surface area contributed by atoms with Crippen molar-refractivity contribution >= 4 is 17.9 Å². The number of aryl methyl sites for hydroxylation is 1. The number of aromatic nitrogens is 1. The molecule has 1 heterocycles. The molecule has 1 aromatic rings. The summed E-state index contributed by atoms with van der Waals surface area (Å²) in [7, 11) is 0. The Hall–Kier alpha value is -2.37. The summed E-state index contributed by atoms with van der Waals surface area (Å²) >= 11 is 0. The van der Waals surface area contributed by atoms with Gasteiger partial charge in [-0.05, 0) is 18.1 Å². The Bertz CT molecular complexity index is 445. The van der Waals surface area contributed by atoms with E-state index in [1.165, 1.54) is 12.3 Å². The minimum Gasteiger partial charge on any atom is -0.481 e. The smallest absolute Gasteiger partial charge is 0.413 e. The lowest BCUT2D eigenvalue weighted by atomic mass is 10.1. The van der Waals surface area contributed by atoms with E-state index in [0.29, 0.717) is 17.8 Å². The van der Waals surface area contributed by atoms with Crippen LogP contribution in [0.25, 0.3) is 0 Å². The number of anilines is 1. The zero-order valence-corrected chi connectivity index (χ0v) is 9.76. The van der Waals surface area contributed by atoms with Gasteiger partial charge in [-0.25, -0.2) is 9.78 Å². The van der Waals surface area contributed by atoms with Gasteiger partial charge in [-0.2, -0.15) is 0 Å². The Morgan fingerprint density at radius 2 is 2.33 bits per heavy atom. The fraction of sp³-hybridized carbons (Fsp3) is 0.250. The molecule has 2 N–H and O–H groups in total. The summed E-state index contributed by atoms with van der Waals surface area (Å²) in [6.07, 6.45) is 2.57. The number of carbonyl (C=O) groups excluding carboxylic acids is 1. The van der Waals surface area contributed by atoms with Crippen molar-refractivity contribution in [2.45, 2.75) is 12.8 Å². The maximum absolute atomic E-state index is 11.3. The van der Waals surface area contributed by atoms with E-state index in [9.17, 15) is 9.59 Å². The summed E-state index contributed by atoms with van der Waals surface area (Å²) in [6, 6.07) is 3.39. The number of carbonyl (C=O) groups is 2. The molecule has 1 amide bonds. The Morgan fingerprint density at radius 3 is 3.00 bits per heavy atom. The van der Waals surface area contributed by atoms with Crippen LogP contribution >= 0.6 is 0 Å². The predicted octanol–water partition coefficient (Wildman–Crippen LogP) is 1.83. The lowest BCUT2D eigenvalue weighted by Crippen LogP contribution is -2.16. The van der Waals surface area contributed by atoms with Crippen LogP contribution < -0.4 is 5.32 Å². The number of nitrogens with zero attached hydrogens (tertiary/aromatic N) is 1. The van der Waals surface area contributed by atoms with Crippen molar-refractivity contribution < 1.29 is 19.4 Å². The number of hydrogen-bond donors (Lipinski definition) is 2. The third-order valence-corrected chi connectivity index (χ3v) is 2.05. The number of carboxylic acid groups (broad SMARTS) is 1. The molecular formula is C12H14N2O4. The maximum atomic E-state index is 11.3. The Morgan fingerprint density at radius 1 is 1.56 bits per heavy atom. The first-order valence-corrected chi connectivity index (χ1v) is 5.34. The van der Waals surface area contributed by atoms with Gasteiger partial charge in [-0.1, -0.05) is 18.7 Å². The van der Waals surface area contributed by atoms with Gasteiger partial charge < -0.3 is 9.84 Å². The van der Waals surface area contributed by atoms with Crippen molar-refractivity contribution in [1.82, 2.24) is 4.98 Å². The first-order valence-electron chi connectivity index (χ1n) is 5.34. The van der Waals surface area contributed by atoms with Crippen LogP contribution in [-0.2, 0) is 16.0 Å². The molecule has 0 fully saturated rings. The minimum atomic E-state index is -0.904. The molecular weight excluding hydrogens is 236 g/mol. The van der Waals surface area contributed by atoms with Crippen LogP contribution in [0, 0.1) is 0 Å². The van der Waals surface area contributed by atoms with E-state index in [1.54, 1.807) is 12.1 Å². The molecule has 0 spiro atoms. The van der Waals surface area contributed by atoms with Crippen molar-refractivity contribution in [2.24, 2.45) is 0 Å². The second-order valence-corrected chi connectivity index (χ2v) is 3.42. The van der Waals surface area contributed by atoms with Crippen molar-refractivity contribution in [1.29, 1.82) is 0 Å². The molecule has 6 nitrogen and oxygen atoms in total. The molecule has 0 bridgehead atoms. The van der Waals surface area contributed by atoms with Crippen molar-refractivity contribution in [2.75, 3.05) is 11.9 Å². The fourth-order valence-electron chi connectivity index (χ4n) is 1.26. The van der Waals surface area contributed by atoms with Gasteiger partial charge in [-0.15, -0.1) is 0 Å². The van der Waals surface area contributed by atoms with Crippen LogP contribution in [0.3, 0.4) is 0 Å². The molecule has 1 rings (SSSR count). The number of hydrogen-bond acceptors (Lipinski definition) is 4. The van der Waals surface area contributed by atoms with Crippen LogP contribution in [0.1, 0.15) is 12.0 Å². The Kier molecular flexibility index (Phi) is 5.37. The van der Waals surface area contributed by atoms with Crippen molar-refractivity contribution in [3.05, 3.63) is 36.5 Å². The number of aliphatic carboxylic acids is 1. The molecule has 0 unspecified atom stereocenters. The molecule has 1 aromatic heterocycles. The summed E-state index contributed by atoms with van der Waals surface area (Å²) in [5.74, 6) is -0.591. The first kappa shape index (κ1) is 13.7. The van der Waals surface area contributed by atoms with Crippen LogP contribution in [0.4, 0.5) is 10.6 Å². The van der Waals surface area contributed by atoms with E-state index < -0.39 is 12.1 Å². The quantitative estimate of drug-likeness (QED) is 0.752. The van der Waals surface area contributed by atoms with E-state index in [1.807, 2.05) is 0 Å². The number of rotatable bonds is 6. The van der Waals surface area contributed by atoms with Crippen molar-refractivity contribution in [3.63, 3.8) is 0 Å². The number of nitrogens with one attached hydrogen (secondary N) is 1. The largest absolute Gasteiger partial charge is 0.481 e. The lowest BCUT2D eigenvalue weighted by molar-refractivity contribution is -0.136. The van der Waals surface area contributed by atoms with Crippen LogP contribution in [-0.4, -0.2) is 28.8 Å². The van der Waals surface area contributed by atoms with E-state index in [4.69, 9.17) is 9.84 Å². The number of carboxylic acids is 1. The molecule has 0 aliphatic heterocycles. The predicted molar refractivity (Wildman–Crippen MR) is 65.4 cm³/mol. The zero-order chi connectivity index (χ0) is 13.4. The number of amides is 1. The van der Waals surface area contributed by atoms with Gasteiger partial charge in [0.2, 0.25) is 0 Å². The summed E-state index contributed by atoms with van der Waals surface area (Å²) < 4.78 is 4.75. The van der Waals surface area contributed by atoms with Crippen LogP contribution in [0.15, 0.2) is 31.0 Å². The van der Waals surface area contributed by atoms with Gasteiger partial charge in [-0.3, -0.25) is 10.1 Å². The highest BCUT2D eigenvalue weighted by Crippen LogP contribution is 2.13. The van der Waals surface area contributed by atoms with E-state index >= 15 is 0 Å². The SMILES string of the molecule is C=CCOC(=O)Nc1ncccc1CCC(=O)O. The Labute approximate surface area is 104 Å². The van der Waals surface area contributed by atoms with Gasteiger partial charge >= 0.3 is 12.1 Å². The molecule has 0 saturated heterocycles. The summed E-state index contributed by atoms with van der Waals surface area (Å²) in [5, 5.41) is 11.1. The molecule has 6 heteroatoms. The van der Waals surface area contributed by atoms with Gasteiger partial charge in [0.15, 0.2) is 0 Å². The molecule has 0 radical (unpaired) electrons. The Balaban J connectivity index is 2.66. The first-order chi connectivity index (χ1) is 8.63.